The molecule has 0 saturated heterocycles. The molecule has 0 bridgehead atoms. The number of Topliss-reactive ketones (excluding diaryl/α,β-unsaturated/α-hetero) is 1. The number of amides is 1. The van der Waals surface area contributed by atoms with Crippen LogP contribution < -0.4 is 10.1 Å². The van der Waals surface area contributed by atoms with Crippen molar-refractivity contribution in [1.29, 1.82) is 0 Å². The van der Waals surface area contributed by atoms with E-state index in [1.54, 1.807) is 31.2 Å². The summed E-state index contributed by atoms with van der Waals surface area (Å²) in [5.41, 5.74) is 1.98. The number of fused-ring (bicyclic) bond motifs is 1. The maximum absolute atomic E-state index is 12.3. The van der Waals surface area contributed by atoms with Gasteiger partial charge in [0.05, 0.1) is 12.2 Å². The van der Waals surface area contributed by atoms with Crippen LogP contribution in [0.15, 0.2) is 24.3 Å². The molecule has 1 N–H and O–H groups in total. The number of thiophene rings is 1. The van der Waals surface area contributed by atoms with Gasteiger partial charge in [0.25, 0.3) is 5.91 Å². The Kier molecular flexibility index (Phi) is 5.91. The smallest absolute Gasteiger partial charge is 0.341 e. The third-order valence-electron chi connectivity index (χ3n) is 4.26. The topological polar surface area (TPSA) is 81.7 Å². The van der Waals surface area contributed by atoms with Gasteiger partial charge < -0.3 is 14.8 Å². The molecule has 0 atom stereocenters. The van der Waals surface area contributed by atoms with Gasteiger partial charge in [-0.15, -0.1) is 11.3 Å². The first-order valence-electron chi connectivity index (χ1n) is 8.85. The molecule has 0 radical (unpaired) electrons. The maximum atomic E-state index is 12.3. The van der Waals surface area contributed by atoms with Crippen LogP contribution in [-0.2, 0) is 22.4 Å². The lowest BCUT2D eigenvalue weighted by Crippen LogP contribution is -2.21. The van der Waals surface area contributed by atoms with Crippen LogP contribution in [0.3, 0.4) is 0 Å². The van der Waals surface area contributed by atoms with Crippen LogP contribution in [0, 0.1) is 0 Å². The molecule has 1 amide bonds. The SMILES string of the molecule is CCOC(=O)c1c(NC(=O)COc2cccc(C(C)=O)c2)sc2c1CCC2. The van der Waals surface area contributed by atoms with Gasteiger partial charge in [-0.25, -0.2) is 4.79 Å². The zero-order chi connectivity index (χ0) is 19.4. The van der Waals surface area contributed by atoms with E-state index >= 15 is 0 Å². The van der Waals surface area contributed by atoms with Gasteiger partial charge in [0.1, 0.15) is 10.8 Å². The second kappa shape index (κ2) is 8.35. The van der Waals surface area contributed by atoms with Crippen molar-refractivity contribution in [3.63, 3.8) is 0 Å². The zero-order valence-corrected chi connectivity index (χ0v) is 16.1. The fourth-order valence-electron chi connectivity index (χ4n) is 3.03. The van der Waals surface area contributed by atoms with E-state index in [0.29, 0.717) is 21.9 Å². The van der Waals surface area contributed by atoms with Gasteiger partial charge >= 0.3 is 5.97 Å². The fourth-order valence-corrected chi connectivity index (χ4v) is 4.32. The van der Waals surface area contributed by atoms with Crippen molar-refractivity contribution in [1.82, 2.24) is 0 Å². The van der Waals surface area contributed by atoms with Gasteiger partial charge in [0, 0.05) is 10.4 Å². The summed E-state index contributed by atoms with van der Waals surface area (Å²) in [5, 5.41) is 3.29. The Balaban J connectivity index is 1.69. The predicted octanol–water partition coefficient (Wildman–Crippen LogP) is 3.63. The number of hydrogen-bond acceptors (Lipinski definition) is 6. The van der Waals surface area contributed by atoms with Crippen LogP contribution >= 0.6 is 11.3 Å². The zero-order valence-electron chi connectivity index (χ0n) is 15.3. The minimum absolute atomic E-state index is 0.0721. The molecule has 1 aromatic carbocycles. The average Bonchev–Trinajstić information content (AvgIpc) is 3.21. The van der Waals surface area contributed by atoms with Gasteiger partial charge in [0.15, 0.2) is 12.4 Å². The summed E-state index contributed by atoms with van der Waals surface area (Å²) in [6.45, 7) is 3.29. The van der Waals surface area contributed by atoms with Crippen molar-refractivity contribution in [2.45, 2.75) is 33.1 Å². The highest BCUT2D eigenvalue weighted by Crippen LogP contribution is 2.39. The number of rotatable bonds is 7. The highest BCUT2D eigenvalue weighted by molar-refractivity contribution is 7.17. The largest absolute Gasteiger partial charge is 0.484 e. The molecule has 1 aromatic heterocycles. The first-order valence-corrected chi connectivity index (χ1v) is 9.66. The third kappa shape index (κ3) is 4.36. The van der Waals surface area contributed by atoms with Crippen LogP contribution in [-0.4, -0.2) is 30.9 Å². The lowest BCUT2D eigenvalue weighted by atomic mass is 10.1. The normalized spacial score (nSPS) is 12.4. The van der Waals surface area contributed by atoms with Gasteiger partial charge in [-0.1, -0.05) is 12.1 Å². The quantitative estimate of drug-likeness (QED) is 0.579. The standard InChI is InChI=1S/C20H21NO5S/c1-3-25-20(24)18-15-8-5-9-16(15)27-19(18)21-17(23)11-26-14-7-4-6-13(10-14)12(2)22/h4,6-7,10H,3,5,8-9,11H2,1-2H3,(H,21,23). The number of nitrogens with one attached hydrogen (secondary N) is 1. The van der Waals surface area contributed by atoms with Crippen LogP contribution in [0.2, 0.25) is 0 Å². The molecule has 0 aliphatic heterocycles. The summed E-state index contributed by atoms with van der Waals surface area (Å²) < 4.78 is 10.6. The molecule has 1 aliphatic carbocycles. The molecule has 142 valence electrons. The molecule has 0 saturated carbocycles. The molecule has 1 heterocycles. The average molecular weight is 387 g/mol. The van der Waals surface area contributed by atoms with E-state index in [1.165, 1.54) is 18.3 Å². The summed E-state index contributed by atoms with van der Waals surface area (Å²) in [5.74, 6) is -0.398. The van der Waals surface area contributed by atoms with E-state index in [9.17, 15) is 14.4 Å². The second-order valence-corrected chi connectivity index (χ2v) is 7.31. The van der Waals surface area contributed by atoms with Crippen LogP contribution in [0.4, 0.5) is 5.00 Å². The monoisotopic (exact) mass is 387 g/mol. The van der Waals surface area contributed by atoms with Crippen LogP contribution in [0.5, 0.6) is 5.75 Å². The molecular weight excluding hydrogens is 366 g/mol. The van der Waals surface area contributed by atoms with Gasteiger partial charge in [-0.2, -0.15) is 0 Å². The number of carbonyl (C=O) groups excluding carboxylic acids is 3. The van der Waals surface area contributed by atoms with Crippen molar-refractivity contribution < 1.29 is 23.9 Å². The first kappa shape index (κ1) is 19.1. The summed E-state index contributed by atoms with van der Waals surface area (Å²) in [6, 6.07) is 6.67. The Morgan fingerprint density at radius 3 is 2.78 bits per heavy atom. The molecule has 27 heavy (non-hydrogen) atoms. The molecule has 6 nitrogen and oxygen atoms in total. The molecule has 7 heteroatoms. The Labute approximate surface area is 161 Å². The summed E-state index contributed by atoms with van der Waals surface area (Å²) in [6.07, 6.45) is 2.75. The lowest BCUT2D eigenvalue weighted by molar-refractivity contribution is -0.118. The van der Waals surface area contributed by atoms with E-state index in [0.717, 1.165) is 29.7 Å². The number of hydrogen-bond donors (Lipinski definition) is 1. The van der Waals surface area contributed by atoms with Crippen molar-refractivity contribution >= 4 is 34.0 Å². The summed E-state index contributed by atoms with van der Waals surface area (Å²) in [4.78, 5) is 37.2. The Bertz CT molecular complexity index is 886. The molecule has 1 aliphatic rings. The van der Waals surface area contributed by atoms with E-state index < -0.39 is 5.97 Å². The molecular formula is C20H21NO5S. The molecule has 2 aromatic rings. The molecule has 0 spiro atoms. The van der Waals surface area contributed by atoms with Gasteiger partial charge in [-0.05, 0) is 50.8 Å². The number of anilines is 1. The number of carbonyl (C=O) groups is 3. The van der Waals surface area contributed by atoms with Crippen molar-refractivity contribution in [3.05, 3.63) is 45.8 Å². The number of benzene rings is 1. The van der Waals surface area contributed by atoms with Crippen molar-refractivity contribution in [3.8, 4) is 5.75 Å². The predicted molar refractivity (Wildman–Crippen MR) is 103 cm³/mol. The number of aryl methyl sites for hydroxylation is 1. The van der Waals surface area contributed by atoms with Crippen LogP contribution in [0.1, 0.15) is 51.4 Å². The number of ketones is 1. The van der Waals surface area contributed by atoms with Gasteiger partial charge in [-0.3, -0.25) is 9.59 Å². The summed E-state index contributed by atoms with van der Waals surface area (Å²) in [7, 11) is 0. The highest BCUT2D eigenvalue weighted by Gasteiger charge is 2.28. The maximum Gasteiger partial charge on any atom is 0.341 e. The molecule has 0 unspecified atom stereocenters. The van der Waals surface area contributed by atoms with Crippen LogP contribution in [0.25, 0.3) is 0 Å². The Morgan fingerprint density at radius 1 is 1.22 bits per heavy atom. The fraction of sp³-hybridized carbons (Fsp3) is 0.350. The minimum atomic E-state index is -0.401. The molecule has 3 rings (SSSR count). The van der Waals surface area contributed by atoms with E-state index in [4.69, 9.17) is 9.47 Å². The molecule has 0 fully saturated rings. The summed E-state index contributed by atoms with van der Waals surface area (Å²) >= 11 is 1.43. The third-order valence-corrected chi connectivity index (χ3v) is 5.47. The highest BCUT2D eigenvalue weighted by atomic mass is 32.1. The first-order chi connectivity index (χ1) is 13.0. The van der Waals surface area contributed by atoms with E-state index in [1.807, 2.05) is 0 Å². The Morgan fingerprint density at radius 2 is 2.04 bits per heavy atom. The van der Waals surface area contributed by atoms with Crippen molar-refractivity contribution in [2.75, 3.05) is 18.5 Å². The second-order valence-electron chi connectivity index (χ2n) is 6.20. The number of ether oxygens (including phenoxy) is 2. The number of esters is 1. The van der Waals surface area contributed by atoms with Crippen molar-refractivity contribution in [2.24, 2.45) is 0 Å². The lowest BCUT2D eigenvalue weighted by Gasteiger charge is -2.09. The Hall–Kier alpha value is -2.67. The van der Waals surface area contributed by atoms with E-state index in [-0.39, 0.29) is 24.9 Å². The van der Waals surface area contributed by atoms with E-state index in [2.05, 4.69) is 5.32 Å². The van der Waals surface area contributed by atoms with Gasteiger partial charge in [0.2, 0.25) is 0 Å². The minimum Gasteiger partial charge on any atom is -0.484 e.